The van der Waals surface area contributed by atoms with Gasteiger partial charge in [0.2, 0.25) is 5.91 Å². The fraction of sp³-hybridized carbons (Fsp3) is 0.417. The first-order chi connectivity index (χ1) is 8.36. The third-order valence-corrected chi connectivity index (χ3v) is 2.43. The molecule has 0 aliphatic carbocycles. The Morgan fingerprint density at radius 3 is 2.50 bits per heavy atom. The quantitative estimate of drug-likeness (QED) is 0.847. The van der Waals surface area contributed by atoms with Gasteiger partial charge in [0.1, 0.15) is 5.69 Å². The van der Waals surface area contributed by atoms with Gasteiger partial charge in [0.15, 0.2) is 0 Å². The number of nitrogens with one attached hydrogen (secondary N) is 1. The number of pyridine rings is 1. The van der Waals surface area contributed by atoms with Crippen LogP contribution in [0.25, 0.3) is 0 Å². The third kappa shape index (κ3) is 2.97. The molecule has 0 radical (unpaired) electrons. The van der Waals surface area contributed by atoms with Crippen LogP contribution in [0.2, 0.25) is 0 Å². The zero-order valence-electron chi connectivity index (χ0n) is 11.0. The maximum atomic E-state index is 11.8. The molecule has 0 spiro atoms. The van der Waals surface area contributed by atoms with Crippen LogP contribution in [0.5, 0.6) is 0 Å². The maximum absolute atomic E-state index is 11.8. The molecule has 0 aromatic carbocycles. The zero-order chi connectivity index (χ0) is 13.9. The zero-order valence-corrected chi connectivity index (χ0v) is 11.0. The minimum Gasteiger partial charge on any atom is -0.345 e. The smallest absolute Gasteiger partial charge is 0.274 e. The van der Waals surface area contributed by atoms with Crippen LogP contribution in [0.1, 0.15) is 23.7 Å². The van der Waals surface area contributed by atoms with Gasteiger partial charge in [-0.3, -0.25) is 14.4 Å². The van der Waals surface area contributed by atoms with Crippen molar-refractivity contribution in [3.05, 3.63) is 28.2 Å². The highest BCUT2D eigenvalue weighted by atomic mass is 16.2. The number of aromatic nitrogens is 1. The van der Waals surface area contributed by atoms with E-state index in [0.29, 0.717) is 5.56 Å². The Kier molecular flexibility index (Phi) is 4.25. The molecule has 0 bridgehead atoms. The van der Waals surface area contributed by atoms with Crippen molar-refractivity contribution in [2.45, 2.75) is 13.3 Å². The molecule has 0 aliphatic rings. The number of hydrogen-bond acceptors (Lipinski definition) is 3. The van der Waals surface area contributed by atoms with E-state index in [4.69, 9.17) is 0 Å². The highest BCUT2D eigenvalue weighted by Crippen LogP contribution is 2.07. The number of carbonyl (C=O) groups excluding carboxylic acids is 2. The van der Waals surface area contributed by atoms with Gasteiger partial charge in [0.05, 0.1) is 5.56 Å². The first-order valence-corrected chi connectivity index (χ1v) is 5.59. The van der Waals surface area contributed by atoms with Gasteiger partial charge in [0, 0.05) is 33.8 Å². The van der Waals surface area contributed by atoms with Crippen LogP contribution < -0.4 is 10.9 Å². The number of aryl methyl sites for hydroxylation is 1. The summed E-state index contributed by atoms with van der Waals surface area (Å²) >= 11 is 0. The van der Waals surface area contributed by atoms with Crippen molar-refractivity contribution in [1.82, 2.24) is 9.47 Å². The lowest BCUT2D eigenvalue weighted by Gasteiger charge is -2.13. The number of anilines is 1. The van der Waals surface area contributed by atoms with Crippen LogP contribution >= 0.6 is 0 Å². The molecule has 0 aliphatic heterocycles. The molecular formula is C12H17N3O3. The molecule has 1 aromatic heterocycles. The average Bonchev–Trinajstić information content (AvgIpc) is 2.33. The number of hydrogen-bond donors (Lipinski definition) is 1. The van der Waals surface area contributed by atoms with Crippen LogP contribution in [-0.4, -0.2) is 35.4 Å². The van der Waals surface area contributed by atoms with Crippen molar-refractivity contribution >= 4 is 17.5 Å². The summed E-state index contributed by atoms with van der Waals surface area (Å²) in [7, 11) is 4.78. The summed E-state index contributed by atoms with van der Waals surface area (Å²) in [5.41, 5.74) is 0.137. The molecule has 0 saturated carbocycles. The molecule has 6 nitrogen and oxygen atoms in total. The molecule has 0 saturated heterocycles. The first kappa shape index (κ1) is 14.0. The van der Waals surface area contributed by atoms with Gasteiger partial charge < -0.3 is 14.8 Å². The molecule has 1 rings (SSSR count). The summed E-state index contributed by atoms with van der Waals surface area (Å²) in [5, 5.41) is 2.49. The van der Waals surface area contributed by atoms with Crippen molar-refractivity contribution < 1.29 is 9.59 Å². The lowest BCUT2D eigenvalue weighted by atomic mass is 10.2. The van der Waals surface area contributed by atoms with Crippen LogP contribution in [0.15, 0.2) is 17.1 Å². The largest absolute Gasteiger partial charge is 0.345 e. The lowest BCUT2D eigenvalue weighted by molar-refractivity contribution is -0.115. The molecule has 1 aromatic rings. The van der Waals surface area contributed by atoms with Crippen molar-refractivity contribution in [3.63, 3.8) is 0 Å². The second kappa shape index (κ2) is 5.48. The topological polar surface area (TPSA) is 71.4 Å². The molecule has 0 fully saturated rings. The van der Waals surface area contributed by atoms with E-state index in [2.05, 4.69) is 5.32 Å². The highest BCUT2D eigenvalue weighted by Gasteiger charge is 2.13. The Balaban J connectivity index is 3.23. The number of amides is 2. The van der Waals surface area contributed by atoms with Crippen molar-refractivity contribution in [2.75, 3.05) is 19.4 Å². The molecule has 98 valence electrons. The summed E-state index contributed by atoms with van der Waals surface area (Å²) in [5.74, 6) is -0.487. The van der Waals surface area contributed by atoms with Crippen molar-refractivity contribution in [1.29, 1.82) is 0 Å². The van der Waals surface area contributed by atoms with Gasteiger partial charge in [-0.05, 0) is 6.07 Å². The third-order valence-electron chi connectivity index (χ3n) is 2.43. The van der Waals surface area contributed by atoms with Gasteiger partial charge in [-0.1, -0.05) is 6.92 Å². The van der Waals surface area contributed by atoms with Gasteiger partial charge in [0.25, 0.3) is 11.5 Å². The normalized spacial score (nSPS) is 10.0. The summed E-state index contributed by atoms with van der Waals surface area (Å²) in [6, 6.07) is 1.40. The number of rotatable bonds is 3. The van der Waals surface area contributed by atoms with E-state index >= 15 is 0 Å². The Morgan fingerprint density at radius 1 is 1.39 bits per heavy atom. The number of nitrogens with zero attached hydrogens (tertiary/aromatic N) is 2. The first-order valence-electron chi connectivity index (χ1n) is 5.59. The maximum Gasteiger partial charge on any atom is 0.274 e. The van der Waals surface area contributed by atoms with Crippen molar-refractivity contribution in [3.8, 4) is 0 Å². The Morgan fingerprint density at radius 2 is 2.00 bits per heavy atom. The molecule has 0 unspecified atom stereocenters. The molecule has 6 heteroatoms. The van der Waals surface area contributed by atoms with Crippen LogP contribution in [0.4, 0.5) is 5.69 Å². The summed E-state index contributed by atoms with van der Waals surface area (Å²) in [6.45, 7) is 1.69. The van der Waals surface area contributed by atoms with E-state index in [9.17, 15) is 14.4 Å². The minimum absolute atomic E-state index is 0.122. The monoisotopic (exact) mass is 251 g/mol. The van der Waals surface area contributed by atoms with Gasteiger partial charge in [-0.25, -0.2) is 0 Å². The van der Waals surface area contributed by atoms with E-state index in [0.717, 1.165) is 0 Å². The fourth-order valence-electron chi connectivity index (χ4n) is 1.42. The number of carbonyl (C=O) groups is 2. The van der Waals surface area contributed by atoms with E-state index < -0.39 is 0 Å². The van der Waals surface area contributed by atoms with Crippen LogP contribution in [-0.2, 0) is 11.8 Å². The minimum atomic E-state index is -0.341. The Labute approximate surface area is 105 Å². The molecule has 1 N–H and O–H groups in total. The van der Waals surface area contributed by atoms with E-state index in [1.165, 1.54) is 28.8 Å². The molecule has 0 atom stereocenters. The van der Waals surface area contributed by atoms with E-state index in [1.54, 1.807) is 21.0 Å². The molecule has 2 amide bonds. The van der Waals surface area contributed by atoms with Crippen LogP contribution in [0, 0.1) is 0 Å². The predicted octanol–water partition coefficient (Wildman–Crippen LogP) is 0.436. The standard InChI is InChI=1S/C12H17N3O3/c1-5-10(16)13-9-6-8(11(17)14(2)3)7-15(4)12(9)18/h6-7H,5H2,1-4H3,(H,13,16). The van der Waals surface area contributed by atoms with Gasteiger partial charge in [-0.2, -0.15) is 0 Å². The summed E-state index contributed by atoms with van der Waals surface area (Å²) in [4.78, 5) is 36.3. The average molecular weight is 251 g/mol. The fourth-order valence-corrected chi connectivity index (χ4v) is 1.42. The second-order valence-corrected chi connectivity index (χ2v) is 4.16. The van der Waals surface area contributed by atoms with E-state index in [1.807, 2.05) is 0 Å². The van der Waals surface area contributed by atoms with Gasteiger partial charge in [-0.15, -0.1) is 0 Å². The van der Waals surface area contributed by atoms with Gasteiger partial charge >= 0.3 is 0 Å². The predicted molar refractivity (Wildman–Crippen MR) is 68.6 cm³/mol. The van der Waals surface area contributed by atoms with Crippen molar-refractivity contribution in [2.24, 2.45) is 7.05 Å². The Bertz CT molecular complexity index is 532. The lowest BCUT2D eigenvalue weighted by Crippen LogP contribution is -2.28. The molecule has 18 heavy (non-hydrogen) atoms. The molecular weight excluding hydrogens is 234 g/mol. The Hall–Kier alpha value is -2.11. The second-order valence-electron chi connectivity index (χ2n) is 4.16. The summed E-state index contributed by atoms with van der Waals surface area (Å²) in [6.07, 6.45) is 1.72. The van der Waals surface area contributed by atoms with Crippen LogP contribution in [0.3, 0.4) is 0 Å². The molecule has 1 heterocycles. The highest BCUT2D eigenvalue weighted by molar-refractivity contribution is 5.96. The summed E-state index contributed by atoms with van der Waals surface area (Å²) < 4.78 is 1.28. The SMILES string of the molecule is CCC(=O)Nc1cc(C(=O)N(C)C)cn(C)c1=O. The van der Waals surface area contributed by atoms with E-state index in [-0.39, 0.29) is 29.5 Å².